The second-order valence-corrected chi connectivity index (χ2v) is 9.75. The van der Waals surface area contributed by atoms with Gasteiger partial charge in [-0.25, -0.2) is 8.78 Å². The predicted molar refractivity (Wildman–Crippen MR) is 150 cm³/mol. The summed E-state index contributed by atoms with van der Waals surface area (Å²) in [7, 11) is 1.63. The van der Waals surface area contributed by atoms with Crippen molar-refractivity contribution in [1.82, 2.24) is 14.9 Å². The van der Waals surface area contributed by atoms with Crippen LogP contribution in [0.1, 0.15) is 36.2 Å². The van der Waals surface area contributed by atoms with Crippen molar-refractivity contribution in [2.45, 2.75) is 26.3 Å². The van der Waals surface area contributed by atoms with Crippen LogP contribution in [0.5, 0.6) is 5.75 Å². The number of H-pyrrole nitrogens is 1. The highest BCUT2D eigenvalue weighted by Crippen LogP contribution is 2.35. The van der Waals surface area contributed by atoms with E-state index in [2.05, 4.69) is 51.5 Å². The first kappa shape index (κ1) is 26.2. The number of nitrogens with two attached hydrogens (primary N) is 1. The van der Waals surface area contributed by atoms with Crippen LogP contribution in [-0.2, 0) is 0 Å². The first-order valence-corrected chi connectivity index (χ1v) is 12.6. The van der Waals surface area contributed by atoms with Gasteiger partial charge in [0.1, 0.15) is 11.6 Å². The number of amides is 1. The molecule has 3 heterocycles. The van der Waals surface area contributed by atoms with Crippen LogP contribution >= 0.6 is 0 Å². The molecule has 0 bridgehead atoms. The Hall–Kier alpha value is -4.44. The second kappa shape index (κ2) is 10.7. The number of hydrogen-bond acceptors (Lipinski definition) is 6. The van der Waals surface area contributed by atoms with Crippen LogP contribution in [0.4, 0.5) is 31.7 Å². The van der Waals surface area contributed by atoms with E-state index in [0.717, 1.165) is 42.9 Å². The number of nitrogens with one attached hydrogen (secondary N) is 3. The zero-order valence-electron chi connectivity index (χ0n) is 21.9. The van der Waals surface area contributed by atoms with E-state index < -0.39 is 17.5 Å². The van der Waals surface area contributed by atoms with Crippen molar-refractivity contribution in [2.24, 2.45) is 5.73 Å². The zero-order chi connectivity index (χ0) is 27.7. The number of pyridine rings is 1. The molecule has 2 aromatic heterocycles. The molecule has 10 heteroatoms. The molecule has 1 aliphatic heterocycles. The van der Waals surface area contributed by atoms with Crippen molar-refractivity contribution < 1.29 is 18.3 Å². The van der Waals surface area contributed by atoms with Gasteiger partial charge in [0.2, 0.25) is 0 Å². The number of methoxy groups -OCH3 is 1. The highest BCUT2D eigenvalue weighted by atomic mass is 19.2. The average Bonchev–Trinajstić information content (AvgIpc) is 3.34. The second-order valence-electron chi connectivity index (χ2n) is 9.75. The van der Waals surface area contributed by atoms with E-state index >= 15 is 0 Å². The Morgan fingerprint density at radius 1 is 1.08 bits per heavy atom. The van der Waals surface area contributed by atoms with Crippen molar-refractivity contribution in [3.05, 3.63) is 77.6 Å². The summed E-state index contributed by atoms with van der Waals surface area (Å²) in [5.74, 6) is -1.79. The molecule has 5 N–H and O–H groups in total. The highest BCUT2D eigenvalue weighted by Gasteiger charge is 2.19. The molecule has 5 rings (SSSR count). The summed E-state index contributed by atoms with van der Waals surface area (Å²) in [6, 6.07) is 10.1. The number of halogens is 2. The molecule has 2 aromatic carbocycles. The number of anilines is 4. The summed E-state index contributed by atoms with van der Waals surface area (Å²) in [6.45, 7) is 6.38. The molecule has 0 saturated heterocycles. The Kier molecular flexibility index (Phi) is 7.21. The molecule has 202 valence electrons. The lowest BCUT2D eigenvalue weighted by molar-refractivity contribution is 0.100. The number of aromatic amines is 1. The number of hydrogen-bond donors (Lipinski definition) is 4. The maximum absolute atomic E-state index is 13.9. The van der Waals surface area contributed by atoms with Crippen molar-refractivity contribution in [1.29, 1.82) is 0 Å². The number of nitrogens with zero attached hydrogens (tertiary/aromatic N) is 2. The van der Waals surface area contributed by atoms with Crippen LogP contribution in [0.2, 0.25) is 0 Å². The van der Waals surface area contributed by atoms with Gasteiger partial charge in [0.25, 0.3) is 5.91 Å². The SMILES string of the molecule is COc1cc(C2=CCCN(C(C)C)C2)ccc1Nc1cc2c(Nc3cc(F)c(F)cc3C(N)=O)cncc2[nH]1. The van der Waals surface area contributed by atoms with Gasteiger partial charge in [-0.05, 0) is 55.7 Å². The summed E-state index contributed by atoms with van der Waals surface area (Å²) >= 11 is 0. The van der Waals surface area contributed by atoms with Crippen LogP contribution in [0.15, 0.2) is 54.9 Å². The van der Waals surface area contributed by atoms with Crippen LogP contribution in [0.3, 0.4) is 0 Å². The third kappa shape index (κ3) is 5.42. The molecular weight excluding hydrogens is 502 g/mol. The van der Waals surface area contributed by atoms with E-state index in [0.29, 0.717) is 34.2 Å². The van der Waals surface area contributed by atoms with Gasteiger partial charge in [-0.1, -0.05) is 12.1 Å². The van der Waals surface area contributed by atoms with Gasteiger partial charge in [-0.15, -0.1) is 0 Å². The van der Waals surface area contributed by atoms with Crippen molar-refractivity contribution in [3.8, 4) is 5.75 Å². The monoisotopic (exact) mass is 532 g/mol. The first-order chi connectivity index (χ1) is 18.7. The lowest BCUT2D eigenvalue weighted by Gasteiger charge is -2.31. The van der Waals surface area contributed by atoms with Crippen LogP contribution in [0, 0.1) is 11.6 Å². The molecule has 0 aliphatic carbocycles. The van der Waals surface area contributed by atoms with Crippen LogP contribution in [0.25, 0.3) is 16.5 Å². The zero-order valence-corrected chi connectivity index (χ0v) is 21.9. The molecule has 8 nitrogen and oxygen atoms in total. The molecule has 0 saturated carbocycles. The maximum Gasteiger partial charge on any atom is 0.250 e. The minimum absolute atomic E-state index is 0.0386. The third-order valence-corrected chi connectivity index (χ3v) is 6.89. The van der Waals surface area contributed by atoms with Gasteiger partial charge in [-0.2, -0.15) is 0 Å². The van der Waals surface area contributed by atoms with Crippen LogP contribution < -0.4 is 21.1 Å². The molecule has 0 radical (unpaired) electrons. The van der Waals surface area contributed by atoms with Crippen molar-refractivity contribution in [3.63, 3.8) is 0 Å². The predicted octanol–water partition coefficient (Wildman–Crippen LogP) is 5.93. The first-order valence-electron chi connectivity index (χ1n) is 12.6. The third-order valence-electron chi connectivity index (χ3n) is 6.89. The largest absolute Gasteiger partial charge is 0.495 e. The minimum atomic E-state index is -1.16. The standard InChI is InChI=1S/C29H30F2N6O2/c1-16(2)37-8-4-5-18(15-37)17-6-7-23(27(9-17)39-3)35-28-11-19-25(13-33-14-26(19)36-28)34-24-12-22(31)21(30)10-20(24)29(32)38/h5-7,9-14,16,34-36H,4,8,15H2,1-3H3,(H2,32,38). The topological polar surface area (TPSA) is 108 Å². The Balaban J connectivity index is 1.42. The minimum Gasteiger partial charge on any atom is -0.495 e. The maximum atomic E-state index is 13.9. The van der Waals surface area contributed by atoms with E-state index in [9.17, 15) is 13.6 Å². The molecule has 0 spiro atoms. The number of rotatable bonds is 8. The van der Waals surface area contributed by atoms with E-state index in [1.54, 1.807) is 13.3 Å². The average molecular weight is 533 g/mol. The van der Waals surface area contributed by atoms with E-state index in [1.165, 1.54) is 11.8 Å². The van der Waals surface area contributed by atoms with Crippen molar-refractivity contribution >= 4 is 45.3 Å². The van der Waals surface area contributed by atoms with E-state index in [-0.39, 0.29) is 11.3 Å². The van der Waals surface area contributed by atoms with Gasteiger partial charge < -0.3 is 26.1 Å². The quantitative estimate of drug-likeness (QED) is 0.224. The normalized spacial score (nSPS) is 13.9. The smallest absolute Gasteiger partial charge is 0.250 e. The molecule has 0 unspecified atom stereocenters. The summed E-state index contributed by atoms with van der Waals surface area (Å²) in [5.41, 5.74) is 9.57. The fourth-order valence-corrected chi connectivity index (χ4v) is 4.77. The summed E-state index contributed by atoms with van der Waals surface area (Å²) < 4.78 is 33.4. The Bertz CT molecular complexity index is 1580. The number of carbonyl (C=O) groups is 1. The summed E-state index contributed by atoms with van der Waals surface area (Å²) in [5, 5.41) is 7.04. The molecule has 39 heavy (non-hydrogen) atoms. The highest BCUT2D eigenvalue weighted by molar-refractivity contribution is 6.02. The lowest BCUT2D eigenvalue weighted by atomic mass is 9.99. The van der Waals surface area contributed by atoms with Crippen molar-refractivity contribution in [2.75, 3.05) is 30.8 Å². The van der Waals surface area contributed by atoms with Gasteiger partial charge >= 0.3 is 0 Å². The number of ether oxygens (including phenoxy) is 1. The molecule has 1 amide bonds. The fourth-order valence-electron chi connectivity index (χ4n) is 4.77. The molecule has 0 atom stereocenters. The number of primary amides is 1. The number of aromatic nitrogens is 2. The lowest BCUT2D eigenvalue weighted by Crippen LogP contribution is -2.35. The molecular formula is C29H30F2N6O2. The number of carbonyl (C=O) groups excluding carboxylic acids is 1. The van der Waals surface area contributed by atoms with Gasteiger partial charge in [-0.3, -0.25) is 14.7 Å². The summed E-state index contributed by atoms with van der Waals surface area (Å²) in [4.78, 5) is 21.8. The Labute approximate surface area is 224 Å². The Morgan fingerprint density at radius 3 is 2.62 bits per heavy atom. The number of benzene rings is 2. The molecule has 4 aromatic rings. The van der Waals surface area contributed by atoms with Gasteiger partial charge in [0.05, 0.1) is 47.6 Å². The molecule has 1 aliphatic rings. The number of fused-ring (bicyclic) bond motifs is 1. The van der Waals surface area contributed by atoms with Gasteiger partial charge in [0, 0.05) is 30.6 Å². The van der Waals surface area contributed by atoms with E-state index in [1.807, 2.05) is 18.2 Å². The van der Waals surface area contributed by atoms with Gasteiger partial charge in [0.15, 0.2) is 11.6 Å². The van der Waals surface area contributed by atoms with Crippen LogP contribution in [-0.4, -0.2) is 47.0 Å². The summed E-state index contributed by atoms with van der Waals surface area (Å²) in [6.07, 6.45) is 6.47. The Morgan fingerprint density at radius 2 is 1.87 bits per heavy atom. The van der Waals surface area contributed by atoms with E-state index in [4.69, 9.17) is 10.5 Å². The molecule has 0 fully saturated rings. The fraction of sp³-hybridized carbons (Fsp3) is 0.241.